The van der Waals surface area contributed by atoms with Crippen LogP contribution in [0.3, 0.4) is 0 Å². The molecule has 0 radical (unpaired) electrons. The van der Waals surface area contributed by atoms with Crippen molar-refractivity contribution in [2.75, 3.05) is 49.1 Å². The van der Waals surface area contributed by atoms with Gasteiger partial charge in [-0.05, 0) is 75.6 Å². The third-order valence-corrected chi connectivity index (χ3v) is 10.2. The van der Waals surface area contributed by atoms with Crippen LogP contribution in [0, 0.1) is 16.2 Å². The molecule has 1 N–H and O–H groups in total. The second kappa shape index (κ2) is 15.3. The summed E-state index contributed by atoms with van der Waals surface area (Å²) in [6.45, 7) is 27.2. The summed E-state index contributed by atoms with van der Waals surface area (Å²) in [7, 11) is 0. The first kappa shape index (κ1) is 37.8. The van der Waals surface area contributed by atoms with Crippen LogP contribution in [-0.4, -0.2) is 51.2 Å². The zero-order chi connectivity index (χ0) is 36.1. The molecular formula is C42H59N3O4. The van der Waals surface area contributed by atoms with Gasteiger partial charge in [0.2, 0.25) is 0 Å². The average molecular weight is 670 g/mol. The van der Waals surface area contributed by atoms with Crippen molar-refractivity contribution in [3.63, 3.8) is 0 Å². The molecule has 266 valence electrons. The van der Waals surface area contributed by atoms with Crippen LogP contribution < -0.4 is 19.9 Å². The first-order chi connectivity index (χ1) is 23.1. The van der Waals surface area contributed by atoms with Crippen molar-refractivity contribution in [3.8, 4) is 11.5 Å². The molecule has 0 spiro atoms. The summed E-state index contributed by atoms with van der Waals surface area (Å²) in [6, 6.07) is 20.7. The van der Waals surface area contributed by atoms with E-state index in [2.05, 4.69) is 121 Å². The van der Waals surface area contributed by atoms with Gasteiger partial charge in [0.15, 0.2) is 0 Å². The summed E-state index contributed by atoms with van der Waals surface area (Å²) in [5, 5.41) is 3.04. The molecule has 0 aliphatic carbocycles. The number of hydrogen-bond donors (Lipinski definition) is 1. The predicted octanol–water partition coefficient (Wildman–Crippen LogP) is 9.43. The van der Waals surface area contributed by atoms with E-state index in [-0.39, 0.29) is 41.8 Å². The van der Waals surface area contributed by atoms with Gasteiger partial charge in [0.1, 0.15) is 18.1 Å². The molecule has 49 heavy (non-hydrogen) atoms. The molecule has 1 atom stereocenters. The van der Waals surface area contributed by atoms with Crippen molar-refractivity contribution < 1.29 is 19.1 Å². The number of ether oxygens (including phenoxy) is 2. The lowest BCUT2D eigenvalue weighted by molar-refractivity contribution is -0.164. The summed E-state index contributed by atoms with van der Waals surface area (Å²) >= 11 is 0. The molecule has 1 aliphatic heterocycles. The van der Waals surface area contributed by atoms with Gasteiger partial charge in [0, 0.05) is 72.3 Å². The molecule has 7 nitrogen and oxygen atoms in total. The second-order valence-electron chi connectivity index (χ2n) is 15.6. The second-order valence-corrected chi connectivity index (χ2v) is 15.6. The van der Waals surface area contributed by atoms with Crippen molar-refractivity contribution in [3.05, 3.63) is 82.9 Å². The van der Waals surface area contributed by atoms with Gasteiger partial charge in [-0.15, -0.1) is 0 Å². The third-order valence-electron chi connectivity index (χ3n) is 10.2. The summed E-state index contributed by atoms with van der Waals surface area (Å²) < 4.78 is 12.5. The van der Waals surface area contributed by atoms with Crippen molar-refractivity contribution in [2.24, 2.45) is 16.2 Å². The average Bonchev–Trinajstić information content (AvgIpc) is 3.05. The van der Waals surface area contributed by atoms with E-state index >= 15 is 0 Å². The largest absolute Gasteiger partial charge is 0.463 e. The lowest BCUT2D eigenvalue weighted by atomic mass is 9.61. The number of rotatable bonds is 13. The Morgan fingerprint density at radius 2 is 1.24 bits per heavy atom. The Balaban J connectivity index is 1.64. The number of carbonyl (C=O) groups excluding carboxylic acids is 2. The molecule has 0 aromatic heterocycles. The minimum atomic E-state index is -0.665. The molecular weight excluding hydrogens is 610 g/mol. The molecule has 3 aromatic carbocycles. The fourth-order valence-corrected chi connectivity index (χ4v) is 7.11. The molecule has 0 bridgehead atoms. The molecule has 4 rings (SSSR count). The fourth-order valence-electron chi connectivity index (χ4n) is 7.11. The van der Waals surface area contributed by atoms with E-state index in [1.165, 1.54) is 0 Å². The molecule has 1 amide bonds. The molecule has 1 aliphatic rings. The summed E-state index contributed by atoms with van der Waals surface area (Å²) in [6.07, 6.45) is 0.697. The Labute approximate surface area is 295 Å². The Bertz CT molecular complexity index is 1550. The van der Waals surface area contributed by atoms with E-state index in [9.17, 15) is 9.59 Å². The quantitative estimate of drug-likeness (QED) is 0.113. The number of nitrogens with zero attached hydrogens (tertiary/aromatic N) is 2. The number of fused-ring (bicyclic) bond motifs is 2. The normalized spacial score (nSPS) is 14.2. The molecule has 0 fully saturated rings. The number of nitrogens with one attached hydrogen (secondary N) is 1. The summed E-state index contributed by atoms with van der Waals surface area (Å²) in [5.41, 5.74) is 4.76. The van der Waals surface area contributed by atoms with Gasteiger partial charge in [-0.2, -0.15) is 0 Å². The standard InChI is InChI=1S/C42H59N3O4/c1-12-44(13-2)29-20-22-33-35(26-29)49-36-27-30(45(14-3)15-4)21-23-34(36)37(33)31-18-16-17-19-32(31)38(46)43-24-25-48-39(47)42(11,41(8,9)10)28-40(5,6)7/h16-23,26-27,37H,12-15,24-25,28H2,1-11H3,(H,43,46). The van der Waals surface area contributed by atoms with Crippen LogP contribution in [0.5, 0.6) is 11.5 Å². The van der Waals surface area contributed by atoms with Crippen LogP contribution in [0.25, 0.3) is 0 Å². The maximum atomic E-state index is 13.9. The molecule has 1 heterocycles. The van der Waals surface area contributed by atoms with E-state index in [1.54, 1.807) is 0 Å². The molecule has 0 saturated carbocycles. The number of esters is 1. The van der Waals surface area contributed by atoms with Crippen molar-refractivity contribution >= 4 is 23.3 Å². The molecule has 0 saturated heterocycles. The van der Waals surface area contributed by atoms with Crippen molar-refractivity contribution in [1.82, 2.24) is 5.32 Å². The van der Waals surface area contributed by atoms with E-state index in [0.717, 1.165) is 65.7 Å². The van der Waals surface area contributed by atoms with Crippen LogP contribution >= 0.6 is 0 Å². The molecule has 7 heteroatoms. The Morgan fingerprint density at radius 1 is 0.735 bits per heavy atom. The SMILES string of the molecule is CCN(CC)c1ccc2c(c1)Oc1cc(N(CC)CC)ccc1C2c1ccccc1C(=O)NCCOC(=O)C(C)(CC(C)(C)C)C(C)(C)C. The third kappa shape index (κ3) is 8.25. The van der Waals surface area contributed by atoms with Gasteiger partial charge in [-0.3, -0.25) is 9.59 Å². The van der Waals surface area contributed by atoms with Gasteiger partial charge in [0.05, 0.1) is 12.0 Å². The van der Waals surface area contributed by atoms with E-state index in [0.29, 0.717) is 12.0 Å². The first-order valence-electron chi connectivity index (χ1n) is 18.1. The van der Waals surface area contributed by atoms with Gasteiger partial charge in [-0.25, -0.2) is 0 Å². The van der Waals surface area contributed by atoms with Crippen molar-refractivity contribution in [2.45, 2.75) is 88.5 Å². The lowest BCUT2D eigenvalue weighted by Gasteiger charge is -2.43. The van der Waals surface area contributed by atoms with E-state index in [4.69, 9.17) is 9.47 Å². The predicted molar refractivity (Wildman–Crippen MR) is 202 cm³/mol. The van der Waals surface area contributed by atoms with Gasteiger partial charge in [0.25, 0.3) is 5.91 Å². The lowest BCUT2D eigenvalue weighted by Crippen LogP contribution is -2.45. The fraction of sp³-hybridized carbons (Fsp3) is 0.524. The summed E-state index contributed by atoms with van der Waals surface area (Å²) in [4.78, 5) is 31.9. The number of anilines is 2. The van der Waals surface area contributed by atoms with Gasteiger partial charge in [-0.1, -0.05) is 71.9 Å². The van der Waals surface area contributed by atoms with Crippen LogP contribution in [-0.2, 0) is 9.53 Å². The van der Waals surface area contributed by atoms with Crippen LogP contribution in [0.4, 0.5) is 11.4 Å². The molecule has 3 aromatic rings. The Hall–Kier alpha value is -4.00. The highest BCUT2D eigenvalue weighted by Gasteiger charge is 2.47. The first-order valence-corrected chi connectivity index (χ1v) is 18.1. The minimum Gasteiger partial charge on any atom is -0.463 e. The molecule has 1 unspecified atom stereocenters. The summed E-state index contributed by atoms with van der Waals surface area (Å²) in [5.74, 6) is 0.970. The highest BCUT2D eigenvalue weighted by atomic mass is 16.5. The zero-order valence-corrected chi connectivity index (χ0v) is 31.8. The smallest absolute Gasteiger partial charge is 0.312 e. The van der Waals surface area contributed by atoms with Gasteiger partial charge >= 0.3 is 5.97 Å². The van der Waals surface area contributed by atoms with E-state index in [1.807, 2.05) is 31.2 Å². The maximum absolute atomic E-state index is 13.9. The van der Waals surface area contributed by atoms with Crippen LogP contribution in [0.15, 0.2) is 60.7 Å². The Morgan fingerprint density at radius 3 is 1.71 bits per heavy atom. The maximum Gasteiger partial charge on any atom is 0.312 e. The number of carbonyl (C=O) groups is 2. The number of amides is 1. The number of benzene rings is 3. The topological polar surface area (TPSA) is 71.1 Å². The van der Waals surface area contributed by atoms with E-state index < -0.39 is 5.41 Å². The monoisotopic (exact) mass is 669 g/mol. The van der Waals surface area contributed by atoms with Crippen molar-refractivity contribution in [1.29, 1.82) is 0 Å². The van der Waals surface area contributed by atoms with Crippen LogP contribution in [0.2, 0.25) is 0 Å². The zero-order valence-electron chi connectivity index (χ0n) is 31.8. The highest BCUT2D eigenvalue weighted by Crippen LogP contribution is 2.50. The highest BCUT2D eigenvalue weighted by molar-refractivity contribution is 5.96. The van der Waals surface area contributed by atoms with Gasteiger partial charge < -0.3 is 24.6 Å². The number of hydrogen-bond acceptors (Lipinski definition) is 6. The minimum absolute atomic E-state index is 0.0414. The van der Waals surface area contributed by atoms with Crippen LogP contribution in [0.1, 0.15) is 116 Å². The Kier molecular flexibility index (Phi) is 11.8.